The van der Waals surface area contributed by atoms with Crippen molar-refractivity contribution in [1.29, 1.82) is 0 Å². The third-order valence-electron chi connectivity index (χ3n) is 3.92. The van der Waals surface area contributed by atoms with Crippen LogP contribution in [0.5, 0.6) is 0 Å². The molecule has 3 rings (SSSR count). The molecule has 9 heteroatoms. The van der Waals surface area contributed by atoms with Crippen LogP contribution < -0.4 is 11.1 Å². The lowest BCUT2D eigenvalue weighted by molar-refractivity contribution is -0.113. The Kier molecular flexibility index (Phi) is 6.05. The van der Waals surface area contributed by atoms with Gasteiger partial charge in [0, 0.05) is 23.4 Å². The molecule has 1 aromatic heterocycles. The van der Waals surface area contributed by atoms with Gasteiger partial charge in [0.25, 0.3) is 0 Å². The van der Waals surface area contributed by atoms with Gasteiger partial charge in [0.05, 0.1) is 5.75 Å². The fourth-order valence-corrected chi connectivity index (χ4v) is 3.34. The molecule has 0 aliphatic rings. The van der Waals surface area contributed by atoms with E-state index in [0.717, 1.165) is 5.56 Å². The molecule has 0 fully saturated rings. The van der Waals surface area contributed by atoms with Crippen LogP contribution in [-0.2, 0) is 11.3 Å². The molecule has 3 N–H and O–H groups in total. The van der Waals surface area contributed by atoms with E-state index in [1.54, 1.807) is 36.4 Å². The largest absolute Gasteiger partial charge is 0.366 e. The highest BCUT2D eigenvalue weighted by Crippen LogP contribution is 2.24. The zero-order valence-corrected chi connectivity index (χ0v) is 15.9. The normalized spacial score (nSPS) is 10.6. The number of primary amides is 1. The van der Waals surface area contributed by atoms with Gasteiger partial charge in [-0.05, 0) is 55.5 Å². The monoisotopic (exact) mass is 399 g/mol. The van der Waals surface area contributed by atoms with Crippen molar-refractivity contribution in [1.82, 2.24) is 14.8 Å². The number of anilines is 1. The molecular weight excluding hydrogens is 381 g/mol. The molecular formula is C19H18FN5O2S. The highest BCUT2D eigenvalue weighted by Gasteiger charge is 2.15. The summed E-state index contributed by atoms with van der Waals surface area (Å²) in [6.07, 6.45) is 0. The predicted octanol–water partition coefficient (Wildman–Crippen LogP) is 2.93. The van der Waals surface area contributed by atoms with Crippen LogP contribution in [0.3, 0.4) is 0 Å². The molecule has 0 aliphatic carbocycles. The van der Waals surface area contributed by atoms with Crippen molar-refractivity contribution in [3.8, 4) is 11.4 Å². The third-order valence-corrected chi connectivity index (χ3v) is 4.89. The summed E-state index contributed by atoms with van der Waals surface area (Å²) in [5.41, 5.74) is 6.89. The Morgan fingerprint density at radius 1 is 1.11 bits per heavy atom. The number of hydrogen-bond donors (Lipinski definition) is 2. The number of nitrogens with one attached hydrogen (secondary N) is 1. The zero-order valence-electron chi connectivity index (χ0n) is 15.1. The van der Waals surface area contributed by atoms with Crippen LogP contribution in [0.1, 0.15) is 17.3 Å². The van der Waals surface area contributed by atoms with E-state index in [9.17, 15) is 14.0 Å². The highest BCUT2D eigenvalue weighted by molar-refractivity contribution is 7.99. The van der Waals surface area contributed by atoms with Crippen LogP contribution in [0, 0.1) is 5.82 Å². The standard InChI is InChI=1S/C19H18FN5O2S/c1-2-25-18(13-3-7-14(20)8-4-13)23-24-19(25)28-11-16(26)22-15-9-5-12(6-10-15)17(21)27/h3-10H,2,11H2,1H3,(H2,21,27)(H,22,26). The molecule has 0 bridgehead atoms. The molecule has 28 heavy (non-hydrogen) atoms. The zero-order chi connectivity index (χ0) is 20.1. The summed E-state index contributed by atoms with van der Waals surface area (Å²) in [5.74, 6) is -0.303. The minimum Gasteiger partial charge on any atom is -0.366 e. The van der Waals surface area contributed by atoms with Gasteiger partial charge in [0.15, 0.2) is 11.0 Å². The molecule has 0 aliphatic heterocycles. The summed E-state index contributed by atoms with van der Waals surface area (Å²) in [7, 11) is 0. The van der Waals surface area contributed by atoms with Crippen molar-refractivity contribution >= 4 is 29.3 Å². The third kappa shape index (κ3) is 4.55. The smallest absolute Gasteiger partial charge is 0.248 e. The highest BCUT2D eigenvalue weighted by atomic mass is 32.2. The van der Waals surface area contributed by atoms with Crippen molar-refractivity contribution < 1.29 is 14.0 Å². The second-order valence-corrected chi connectivity index (χ2v) is 6.78. The molecule has 0 saturated carbocycles. The van der Waals surface area contributed by atoms with Gasteiger partial charge in [0.1, 0.15) is 5.82 Å². The van der Waals surface area contributed by atoms with E-state index in [1.165, 1.54) is 23.9 Å². The van der Waals surface area contributed by atoms with E-state index in [2.05, 4.69) is 15.5 Å². The molecule has 0 saturated heterocycles. The Labute approximate surface area is 165 Å². The van der Waals surface area contributed by atoms with Crippen LogP contribution in [0.4, 0.5) is 10.1 Å². The lowest BCUT2D eigenvalue weighted by Gasteiger charge is -2.08. The van der Waals surface area contributed by atoms with Crippen LogP contribution in [0.25, 0.3) is 11.4 Å². The maximum Gasteiger partial charge on any atom is 0.248 e. The van der Waals surface area contributed by atoms with Crippen molar-refractivity contribution in [3.05, 3.63) is 59.9 Å². The van der Waals surface area contributed by atoms with Crippen molar-refractivity contribution in [2.75, 3.05) is 11.1 Å². The Balaban J connectivity index is 1.64. The number of hydrogen-bond acceptors (Lipinski definition) is 5. The van der Waals surface area contributed by atoms with Gasteiger partial charge in [-0.1, -0.05) is 11.8 Å². The summed E-state index contributed by atoms with van der Waals surface area (Å²) in [4.78, 5) is 23.3. The van der Waals surface area contributed by atoms with Crippen LogP contribution in [0.15, 0.2) is 53.7 Å². The first kappa shape index (κ1) is 19.6. The fraction of sp³-hybridized carbons (Fsp3) is 0.158. The molecule has 1 heterocycles. The summed E-state index contributed by atoms with van der Waals surface area (Å²) >= 11 is 1.25. The van der Waals surface area contributed by atoms with E-state index in [1.807, 2.05) is 11.5 Å². The number of carbonyl (C=O) groups excluding carboxylic acids is 2. The summed E-state index contributed by atoms with van der Waals surface area (Å²) < 4.78 is 15.0. The second-order valence-electron chi connectivity index (χ2n) is 5.84. The topological polar surface area (TPSA) is 103 Å². The van der Waals surface area contributed by atoms with Gasteiger partial charge in [0.2, 0.25) is 11.8 Å². The molecule has 0 unspecified atom stereocenters. The molecule has 144 valence electrons. The number of rotatable bonds is 7. The average Bonchev–Trinajstić information content (AvgIpc) is 3.10. The summed E-state index contributed by atoms with van der Waals surface area (Å²) in [6, 6.07) is 12.3. The minimum atomic E-state index is -0.524. The number of nitrogens with zero attached hydrogens (tertiary/aromatic N) is 3. The summed E-state index contributed by atoms with van der Waals surface area (Å²) in [6.45, 7) is 2.55. The molecule has 7 nitrogen and oxygen atoms in total. The first-order valence-corrected chi connectivity index (χ1v) is 9.48. The molecule has 2 amide bonds. The Hall–Kier alpha value is -3.20. The van der Waals surface area contributed by atoms with Gasteiger partial charge < -0.3 is 15.6 Å². The quantitative estimate of drug-likeness (QED) is 0.595. The van der Waals surface area contributed by atoms with Crippen molar-refractivity contribution in [2.45, 2.75) is 18.6 Å². The van der Waals surface area contributed by atoms with Gasteiger partial charge >= 0.3 is 0 Å². The van der Waals surface area contributed by atoms with Gasteiger partial charge in [-0.15, -0.1) is 10.2 Å². The second kappa shape index (κ2) is 8.66. The van der Waals surface area contributed by atoms with E-state index >= 15 is 0 Å². The fourth-order valence-electron chi connectivity index (χ4n) is 2.54. The van der Waals surface area contributed by atoms with Gasteiger partial charge in [-0.25, -0.2) is 4.39 Å². The number of halogens is 1. The number of aromatic nitrogens is 3. The average molecular weight is 399 g/mol. The molecule has 0 radical (unpaired) electrons. The maximum absolute atomic E-state index is 13.1. The number of thioether (sulfide) groups is 1. The van der Waals surface area contributed by atoms with E-state index in [0.29, 0.717) is 28.8 Å². The predicted molar refractivity (Wildman–Crippen MR) is 105 cm³/mol. The number of amides is 2. The van der Waals surface area contributed by atoms with Crippen LogP contribution >= 0.6 is 11.8 Å². The first-order chi connectivity index (χ1) is 13.5. The van der Waals surface area contributed by atoms with Gasteiger partial charge in [-0.3, -0.25) is 9.59 Å². The molecule has 3 aromatic rings. The van der Waals surface area contributed by atoms with Gasteiger partial charge in [-0.2, -0.15) is 0 Å². The van der Waals surface area contributed by atoms with Crippen LogP contribution in [0.2, 0.25) is 0 Å². The maximum atomic E-state index is 13.1. The van der Waals surface area contributed by atoms with E-state index < -0.39 is 5.91 Å². The van der Waals surface area contributed by atoms with Crippen LogP contribution in [-0.4, -0.2) is 32.3 Å². The SMILES string of the molecule is CCn1c(SCC(=O)Nc2ccc(C(N)=O)cc2)nnc1-c1ccc(F)cc1. The molecule has 2 aromatic carbocycles. The number of nitrogens with two attached hydrogens (primary N) is 1. The minimum absolute atomic E-state index is 0.138. The van der Waals surface area contributed by atoms with E-state index in [4.69, 9.17) is 5.73 Å². The number of benzene rings is 2. The first-order valence-electron chi connectivity index (χ1n) is 8.49. The lowest BCUT2D eigenvalue weighted by Crippen LogP contribution is -2.15. The Morgan fingerprint density at radius 2 is 1.79 bits per heavy atom. The Bertz CT molecular complexity index is 987. The summed E-state index contributed by atoms with van der Waals surface area (Å²) in [5, 5.41) is 11.7. The molecule has 0 atom stereocenters. The lowest BCUT2D eigenvalue weighted by atomic mass is 10.2. The Morgan fingerprint density at radius 3 is 2.39 bits per heavy atom. The number of carbonyl (C=O) groups is 2. The molecule has 0 spiro atoms. The van der Waals surface area contributed by atoms with Crippen molar-refractivity contribution in [3.63, 3.8) is 0 Å². The van der Waals surface area contributed by atoms with E-state index in [-0.39, 0.29) is 17.5 Å². The van der Waals surface area contributed by atoms with Crippen molar-refractivity contribution in [2.24, 2.45) is 5.73 Å².